The third-order valence-electron chi connectivity index (χ3n) is 4.62. The molecule has 5 heteroatoms. The zero-order valence-electron chi connectivity index (χ0n) is 15.0. The van der Waals surface area contributed by atoms with E-state index in [4.69, 9.17) is 13.9 Å². The molecular formula is C20H25NO4. The number of carbonyl (C=O) groups is 1. The molecule has 1 amide bonds. The normalized spacial score (nSPS) is 19.4. The van der Waals surface area contributed by atoms with Gasteiger partial charge < -0.3 is 18.8 Å². The molecule has 0 radical (unpaired) electrons. The standard InChI is InChI=1S/C20H25NO4/c1-20(2)13-16(10-12-25-20)21(19(22)18-5-4-11-24-18)14-15-6-8-17(23-3)9-7-15/h4-9,11,16H,10,12-14H2,1-3H3/t16-/m1/s1. The van der Waals surface area contributed by atoms with E-state index in [1.165, 1.54) is 6.26 Å². The van der Waals surface area contributed by atoms with E-state index in [1.54, 1.807) is 19.2 Å². The highest BCUT2D eigenvalue weighted by Gasteiger charge is 2.35. The number of hydrogen-bond acceptors (Lipinski definition) is 4. The van der Waals surface area contributed by atoms with E-state index in [0.717, 1.165) is 24.2 Å². The molecule has 0 unspecified atom stereocenters. The van der Waals surface area contributed by atoms with Crippen LogP contribution in [-0.2, 0) is 11.3 Å². The summed E-state index contributed by atoms with van der Waals surface area (Å²) in [4.78, 5) is 14.9. The van der Waals surface area contributed by atoms with Crippen molar-refractivity contribution in [1.82, 2.24) is 4.90 Å². The number of rotatable bonds is 5. The van der Waals surface area contributed by atoms with Gasteiger partial charge in [0.25, 0.3) is 5.91 Å². The van der Waals surface area contributed by atoms with Crippen molar-refractivity contribution >= 4 is 5.91 Å². The Morgan fingerprint density at radius 2 is 2.04 bits per heavy atom. The fourth-order valence-corrected chi connectivity index (χ4v) is 3.30. The largest absolute Gasteiger partial charge is 0.497 e. The van der Waals surface area contributed by atoms with Crippen LogP contribution in [0.4, 0.5) is 0 Å². The predicted molar refractivity (Wildman–Crippen MR) is 94.6 cm³/mol. The maximum absolute atomic E-state index is 13.0. The maximum atomic E-state index is 13.0. The Morgan fingerprint density at radius 1 is 1.28 bits per heavy atom. The van der Waals surface area contributed by atoms with Crippen LogP contribution < -0.4 is 4.74 Å². The zero-order valence-corrected chi connectivity index (χ0v) is 15.0. The summed E-state index contributed by atoms with van der Waals surface area (Å²) in [6.07, 6.45) is 3.16. The maximum Gasteiger partial charge on any atom is 0.290 e. The summed E-state index contributed by atoms with van der Waals surface area (Å²) in [5.41, 5.74) is 0.829. The number of hydrogen-bond donors (Lipinski definition) is 0. The van der Waals surface area contributed by atoms with Gasteiger partial charge in [-0.15, -0.1) is 0 Å². The lowest BCUT2D eigenvalue weighted by molar-refractivity contribution is -0.0795. The van der Waals surface area contributed by atoms with Gasteiger partial charge in [-0.2, -0.15) is 0 Å². The Labute approximate surface area is 148 Å². The average molecular weight is 343 g/mol. The van der Waals surface area contributed by atoms with E-state index >= 15 is 0 Å². The van der Waals surface area contributed by atoms with Crippen LogP contribution in [0, 0.1) is 0 Å². The van der Waals surface area contributed by atoms with Gasteiger partial charge in [-0.1, -0.05) is 12.1 Å². The monoisotopic (exact) mass is 343 g/mol. The van der Waals surface area contributed by atoms with Crippen LogP contribution >= 0.6 is 0 Å². The van der Waals surface area contributed by atoms with Crippen molar-refractivity contribution in [2.75, 3.05) is 13.7 Å². The van der Waals surface area contributed by atoms with Gasteiger partial charge >= 0.3 is 0 Å². The molecule has 25 heavy (non-hydrogen) atoms. The third kappa shape index (κ3) is 4.23. The highest BCUT2D eigenvalue weighted by Crippen LogP contribution is 2.29. The first kappa shape index (κ1) is 17.5. The second-order valence-electron chi connectivity index (χ2n) is 7.01. The molecule has 134 valence electrons. The quantitative estimate of drug-likeness (QED) is 0.826. The molecule has 0 N–H and O–H groups in total. The third-order valence-corrected chi connectivity index (χ3v) is 4.62. The fraction of sp³-hybridized carbons (Fsp3) is 0.450. The van der Waals surface area contributed by atoms with Crippen molar-refractivity contribution < 1.29 is 18.7 Å². The molecule has 1 saturated heterocycles. The van der Waals surface area contributed by atoms with E-state index in [-0.39, 0.29) is 17.6 Å². The van der Waals surface area contributed by atoms with Crippen molar-refractivity contribution in [2.45, 2.75) is 44.9 Å². The van der Waals surface area contributed by atoms with Gasteiger partial charge in [0.1, 0.15) is 5.75 Å². The lowest BCUT2D eigenvalue weighted by atomic mass is 9.92. The SMILES string of the molecule is COc1ccc(CN(C(=O)c2ccco2)[C@@H]2CCOC(C)(C)C2)cc1. The number of carbonyl (C=O) groups excluding carboxylic acids is 1. The summed E-state index contributed by atoms with van der Waals surface area (Å²) in [7, 11) is 1.64. The van der Waals surface area contributed by atoms with Crippen molar-refractivity contribution in [3.63, 3.8) is 0 Å². The minimum absolute atomic E-state index is 0.0801. The molecule has 0 spiro atoms. The van der Waals surface area contributed by atoms with E-state index in [2.05, 4.69) is 13.8 Å². The van der Waals surface area contributed by atoms with Crippen molar-refractivity contribution in [3.8, 4) is 5.75 Å². The van der Waals surface area contributed by atoms with E-state index in [0.29, 0.717) is 18.9 Å². The van der Waals surface area contributed by atoms with Crippen molar-refractivity contribution in [3.05, 3.63) is 54.0 Å². The van der Waals surface area contributed by atoms with E-state index < -0.39 is 0 Å². The minimum atomic E-state index is -0.232. The van der Waals surface area contributed by atoms with Crippen LogP contribution in [0.15, 0.2) is 47.1 Å². The van der Waals surface area contributed by atoms with Crippen LogP contribution in [0.2, 0.25) is 0 Å². The molecule has 0 bridgehead atoms. The number of amides is 1. The van der Waals surface area contributed by atoms with Gasteiger partial charge in [-0.05, 0) is 56.5 Å². The van der Waals surface area contributed by atoms with Crippen LogP contribution in [0.3, 0.4) is 0 Å². The van der Waals surface area contributed by atoms with Gasteiger partial charge in [-0.25, -0.2) is 0 Å². The van der Waals surface area contributed by atoms with Crippen LogP contribution in [0.1, 0.15) is 42.8 Å². The lowest BCUT2D eigenvalue weighted by Crippen LogP contribution is -2.48. The summed E-state index contributed by atoms with van der Waals surface area (Å²) in [5, 5.41) is 0. The number of nitrogens with zero attached hydrogens (tertiary/aromatic N) is 1. The molecule has 2 aromatic rings. The summed E-state index contributed by atoms with van der Waals surface area (Å²) < 4.78 is 16.4. The Morgan fingerprint density at radius 3 is 2.64 bits per heavy atom. The Bertz CT molecular complexity index is 691. The summed E-state index contributed by atoms with van der Waals surface area (Å²) >= 11 is 0. The summed E-state index contributed by atoms with van der Waals surface area (Å²) in [6.45, 7) is 5.33. The first-order valence-corrected chi connectivity index (χ1v) is 8.60. The van der Waals surface area contributed by atoms with Gasteiger partial charge in [0.05, 0.1) is 19.0 Å². The molecule has 3 rings (SSSR count). The van der Waals surface area contributed by atoms with E-state index in [1.807, 2.05) is 29.2 Å². The number of ether oxygens (including phenoxy) is 2. The number of methoxy groups -OCH3 is 1. The zero-order chi connectivity index (χ0) is 17.9. The second kappa shape index (κ2) is 7.31. The highest BCUT2D eigenvalue weighted by atomic mass is 16.5. The fourth-order valence-electron chi connectivity index (χ4n) is 3.30. The second-order valence-corrected chi connectivity index (χ2v) is 7.01. The molecule has 1 aliphatic rings. The molecule has 1 atom stereocenters. The van der Waals surface area contributed by atoms with E-state index in [9.17, 15) is 4.79 Å². The van der Waals surface area contributed by atoms with Crippen molar-refractivity contribution in [2.24, 2.45) is 0 Å². The molecule has 0 saturated carbocycles. The predicted octanol–water partition coefficient (Wildman–Crippen LogP) is 3.89. The Balaban J connectivity index is 1.84. The molecule has 1 aliphatic heterocycles. The van der Waals surface area contributed by atoms with Gasteiger partial charge in [-0.3, -0.25) is 4.79 Å². The Kier molecular flexibility index (Phi) is 5.13. The van der Waals surface area contributed by atoms with Crippen LogP contribution in [0.25, 0.3) is 0 Å². The number of furan rings is 1. The molecule has 1 fully saturated rings. The molecular weight excluding hydrogens is 318 g/mol. The topological polar surface area (TPSA) is 51.9 Å². The molecule has 1 aromatic heterocycles. The molecule has 0 aliphatic carbocycles. The van der Waals surface area contributed by atoms with Crippen molar-refractivity contribution in [1.29, 1.82) is 0 Å². The first-order valence-electron chi connectivity index (χ1n) is 8.60. The smallest absolute Gasteiger partial charge is 0.290 e. The average Bonchev–Trinajstić information content (AvgIpc) is 3.13. The Hall–Kier alpha value is -2.27. The molecule has 2 heterocycles. The van der Waals surface area contributed by atoms with Crippen LogP contribution in [0.5, 0.6) is 5.75 Å². The molecule has 1 aromatic carbocycles. The highest BCUT2D eigenvalue weighted by molar-refractivity contribution is 5.91. The summed E-state index contributed by atoms with van der Waals surface area (Å²) in [5.74, 6) is 1.10. The van der Waals surface area contributed by atoms with Crippen LogP contribution in [-0.4, -0.2) is 36.2 Å². The summed E-state index contributed by atoms with van der Waals surface area (Å²) in [6, 6.07) is 11.4. The van der Waals surface area contributed by atoms with Gasteiger partial charge in [0.2, 0.25) is 0 Å². The lowest BCUT2D eigenvalue weighted by Gasteiger charge is -2.41. The first-order chi connectivity index (χ1) is 12.0. The minimum Gasteiger partial charge on any atom is -0.497 e. The van der Waals surface area contributed by atoms with Gasteiger partial charge in [0.15, 0.2) is 5.76 Å². The number of benzene rings is 1. The molecule has 5 nitrogen and oxygen atoms in total. The van der Waals surface area contributed by atoms with Gasteiger partial charge in [0, 0.05) is 19.2 Å².